The number of ether oxygens (including phenoxy) is 1. The molecule has 2 unspecified atom stereocenters. The number of nitrogens with one attached hydrogen (secondary N) is 1. The first-order chi connectivity index (χ1) is 9.25. The van der Waals surface area contributed by atoms with Gasteiger partial charge in [-0.3, -0.25) is 0 Å². The quantitative estimate of drug-likeness (QED) is 0.884. The zero-order chi connectivity index (χ0) is 15.0. The van der Waals surface area contributed by atoms with Crippen LogP contribution in [0.2, 0.25) is 0 Å². The fourth-order valence-corrected chi connectivity index (χ4v) is 4.85. The number of phenols is 1. The molecule has 0 aliphatic carbocycles. The molecule has 5 nitrogen and oxygen atoms in total. The number of sulfone groups is 1. The van der Waals surface area contributed by atoms with Gasteiger partial charge in [0.2, 0.25) is 0 Å². The van der Waals surface area contributed by atoms with Crippen molar-refractivity contribution in [3.8, 4) is 11.5 Å². The smallest absolute Gasteiger partial charge is 0.152 e. The largest absolute Gasteiger partial charge is 0.507 e. The van der Waals surface area contributed by atoms with Crippen LogP contribution in [0.5, 0.6) is 11.5 Å². The number of phenolic OH excluding ortho intramolecular Hbond substituents is 1. The Hall–Kier alpha value is -1.27. The lowest BCUT2D eigenvalue weighted by Gasteiger charge is -2.29. The van der Waals surface area contributed by atoms with Crippen molar-refractivity contribution < 1.29 is 18.3 Å². The van der Waals surface area contributed by atoms with E-state index in [9.17, 15) is 13.5 Å². The molecule has 2 rings (SSSR count). The van der Waals surface area contributed by atoms with Crippen molar-refractivity contribution in [2.45, 2.75) is 31.8 Å². The van der Waals surface area contributed by atoms with Crippen LogP contribution in [0.25, 0.3) is 0 Å². The summed E-state index contributed by atoms with van der Waals surface area (Å²) in [6.07, 6.45) is 0.594. The molecule has 2 N–H and O–H groups in total. The van der Waals surface area contributed by atoms with E-state index in [0.717, 1.165) is 5.56 Å². The molecule has 6 heteroatoms. The molecule has 1 aliphatic rings. The lowest BCUT2D eigenvalue weighted by molar-refractivity contribution is 0.347. The molecule has 1 aromatic rings. The van der Waals surface area contributed by atoms with Crippen LogP contribution in [0.1, 0.15) is 31.9 Å². The van der Waals surface area contributed by atoms with Crippen LogP contribution < -0.4 is 10.1 Å². The van der Waals surface area contributed by atoms with Gasteiger partial charge in [0, 0.05) is 23.2 Å². The second-order valence-electron chi connectivity index (χ2n) is 5.69. The number of benzene rings is 1. The fraction of sp³-hybridized carbons (Fsp3) is 0.571. The molecule has 0 radical (unpaired) electrons. The van der Waals surface area contributed by atoms with Crippen molar-refractivity contribution in [1.29, 1.82) is 0 Å². The highest BCUT2D eigenvalue weighted by Gasteiger charge is 2.39. The average molecular weight is 299 g/mol. The summed E-state index contributed by atoms with van der Waals surface area (Å²) < 4.78 is 28.3. The van der Waals surface area contributed by atoms with Crippen LogP contribution in [0.15, 0.2) is 18.2 Å². The van der Waals surface area contributed by atoms with Crippen molar-refractivity contribution in [2.75, 3.05) is 18.6 Å². The Morgan fingerprint density at radius 2 is 2.15 bits per heavy atom. The maximum Gasteiger partial charge on any atom is 0.152 e. The van der Waals surface area contributed by atoms with E-state index in [1.165, 1.54) is 0 Å². The fourth-order valence-electron chi connectivity index (χ4n) is 2.74. The van der Waals surface area contributed by atoms with Gasteiger partial charge in [0.15, 0.2) is 9.84 Å². The van der Waals surface area contributed by atoms with Crippen LogP contribution in [-0.2, 0) is 9.84 Å². The third kappa shape index (κ3) is 3.24. The van der Waals surface area contributed by atoms with E-state index in [1.54, 1.807) is 25.3 Å². The summed E-state index contributed by atoms with van der Waals surface area (Å²) in [6.45, 7) is 3.83. The predicted molar refractivity (Wildman–Crippen MR) is 77.9 cm³/mol. The van der Waals surface area contributed by atoms with Crippen molar-refractivity contribution in [3.63, 3.8) is 0 Å². The minimum atomic E-state index is -2.95. The Bertz CT molecular complexity index is 599. The second-order valence-corrected chi connectivity index (χ2v) is 7.88. The molecule has 1 aliphatic heterocycles. The molecule has 1 saturated heterocycles. The van der Waals surface area contributed by atoms with Gasteiger partial charge >= 0.3 is 0 Å². The Balaban J connectivity index is 2.14. The van der Waals surface area contributed by atoms with Crippen molar-refractivity contribution in [3.05, 3.63) is 23.8 Å². The Labute approximate surface area is 119 Å². The van der Waals surface area contributed by atoms with Gasteiger partial charge in [-0.15, -0.1) is 0 Å². The molecule has 0 bridgehead atoms. The summed E-state index contributed by atoms with van der Waals surface area (Å²) >= 11 is 0. The molecule has 1 heterocycles. The van der Waals surface area contributed by atoms with Gasteiger partial charge in [0.25, 0.3) is 0 Å². The lowest BCUT2D eigenvalue weighted by atomic mass is 9.98. The van der Waals surface area contributed by atoms with E-state index < -0.39 is 15.4 Å². The highest BCUT2D eigenvalue weighted by molar-refractivity contribution is 7.91. The van der Waals surface area contributed by atoms with Crippen LogP contribution in [0, 0.1) is 0 Å². The molecule has 112 valence electrons. The normalized spacial score (nSPS) is 26.4. The molecule has 0 spiro atoms. The van der Waals surface area contributed by atoms with Crippen LogP contribution >= 0.6 is 0 Å². The number of rotatable bonds is 4. The van der Waals surface area contributed by atoms with E-state index >= 15 is 0 Å². The highest BCUT2D eigenvalue weighted by atomic mass is 32.2. The zero-order valence-corrected chi connectivity index (χ0v) is 12.8. The highest BCUT2D eigenvalue weighted by Crippen LogP contribution is 2.31. The van der Waals surface area contributed by atoms with Gasteiger partial charge in [0.1, 0.15) is 11.5 Å². The summed E-state index contributed by atoms with van der Waals surface area (Å²) in [5.74, 6) is 1.10. The summed E-state index contributed by atoms with van der Waals surface area (Å²) in [7, 11) is -1.41. The van der Waals surface area contributed by atoms with Crippen LogP contribution in [0.4, 0.5) is 0 Å². The molecular formula is C14H21NO4S. The monoisotopic (exact) mass is 299 g/mol. The number of hydrogen-bond donors (Lipinski definition) is 2. The second kappa shape index (κ2) is 5.26. The molecule has 2 atom stereocenters. The van der Waals surface area contributed by atoms with Gasteiger partial charge in [-0.1, -0.05) is 6.07 Å². The standard InChI is InChI=1S/C14H21NO4S/c1-10(12-5-4-11(19-3)8-13(12)16)15-14(2)6-7-20(17,18)9-14/h4-5,8,10,15-16H,6-7,9H2,1-3H3. The van der Waals surface area contributed by atoms with Gasteiger partial charge in [-0.2, -0.15) is 0 Å². The summed E-state index contributed by atoms with van der Waals surface area (Å²) in [5, 5.41) is 13.3. The molecule has 0 aromatic heterocycles. The maximum atomic E-state index is 11.6. The third-order valence-corrected chi connectivity index (χ3v) is 5.68. The van der Waals surface area contributed by atoms with Gasteiger partial charge in [-0.25, -0.2) is 8.42 Å². The first-order valence-corrected chi connectivity index (χ1v) is 8.42. The maximum absolute atomic E-state index is 11.6. The van der Waals surface area contributed by atoms with Crippen LogP contribution in [0.3, 0.4) is 0 Å². The van der Waals surface area contributed by atoms with Gasteiger partial charge in [0.05, 0.1) is 18.6 Å². The topological polar surface area (TPSA) is 75.6 Å². The number of aromatic hydroxyl groups is 1. The first-order valence-electron chi connectivity index (χ1n) is 6.60. The Kier molecular flexibility index (Phi) is 3.97. The minimum Gasteiger partial charge on any atom is -0.507 e. The Morgan fingerprint density at radius 1 is 1.45 bits per heavy atom. The molecule has 0 saturated carbocycles. The van der Waals surface area contributed by atoms with Crippen molar-refractivity contribution in [2.24, 2.45) is 0 Å². The van der Waals surface area contributed by atoms with Crippen LogP contribution in [-0.4, -0.2) is 37.7 Å². The zero-order valence-electron chi connectivity index (χ0n) is 12.0. The van der Waals surface area contributed by atoms with E-state index in [4.69, 9.17) is 4.74 Å². The SMILES string of the molecule is COc1ccc(C(C)NC2(C)CCS(=O)(=O)C2)c(O)c1. The third-order valence-electron chi connectivity index (χ3n) is 3.77. The minimum absolute atomic E-state index is 0.140. The summed E-state index contributed by atoms with van der Waals surface area (Å²) in [6, 6.07) is 4.99. The van der Waals surface area contributed by atoms with Gasteiger partial charge < -0.3 is 15.2 Å². The average Bonchev–Trinajstić information content (AvgIpc) is 2.62. The first kappa shape index (κ1) is 15.1. The lowest BCUT2D eigenvalue weighted by Crippen LogP contribution is -2.44. The summed E-state index contributed by atoms with van der Waals surface area (Å²) in [4.78, 5) is 0. The van der Waals surface area contributed by atoms with E-state index in [2.05, 4.69) is 5.32 Å². The predicted octanol–water partition coefficient (Wildman–Crippen LogP) is 1.63. The van der Waals surface area contributed by atoms with Crippen molar-refractivity contribution >= 4 is 9.84 Å². The Morgan fingerprint density at radius 3 is 2.65 bits per heavy atom. The molecular weight excluding hydrogens is 278 g/mol. The molecule has 20 heavy (non-hydrogen) atoms. The number of methoxy groups -OCH3 is 1. The van der Waals surface area contributed by atoms with Crippen molar-refractivity contribution in [1.82, 2.24) is 5.32 Å². The number of hydrogen-bond acceptors (Lipinski definition) is 5. The van der Waals surface area contributed by atoms with E-state index in [-0.39, 0.29) is 23.3 Å². The van der Waals surface area contributed by atoms with E-state index in [0.29, 0.717) is 12.2 Å². The van der Waals surface area contributed by atoms with E-state index in [1.807, 2.05) is 13.8 Å². The molecule has 0 amide bonds. The molecule has 1 fully saturated rings. The molecule has 1 aromatic carbocycles. The summed E-state index contributed by atoms with van der Waals surface area (Å²) in [5.41, 5.74) is 0.293. The van der Waals surface area contributed by atoms with Gasteiger partial charge in [-0.05, 0) is 26.3 Å².